The van der Waals surface area contributed by atoms with Crippen molar-refractivity contribution >= 4 is 33.8 Å². The van der Waals surface area contributed by atoms with Gasteiger partial charge in [0.05, 0.1) is 10.0 Å². The summed E-state index contributed by atoms with van der Waals surface area (Å²) < 4.78 is 5.52. The van der Waals surface area contributed by atoms with E-state index in [9.17, 15) is 9.59 Å². The van der Waals surface area contributed by atoms with E-state index in [1.165, 1.54) is 19.3 Å². The predicted octanol–water partition coefficient (Wildman–Crippen LogP) is 2.91. The Balaban J connectivity index is 3.00. The van der Waals surface area contributed by atoms with Crippen molar-refractivity contribution < 1.29 is 19.4 Å². The summed E-state index contributed by atoms with van der Waals surface area (Å²) in [5, 5.41) is 9.00. The lowest BCUT2D eigenvalue weighted by atomic mass is 10.2. The molecular weight excluding hydrogens is 316 g/mol. The Morgan fingerprint density at radius 1 is 1.42 bits per heavy atom. The summed E-state index contributed by atoms with van der Waals surface area (Å²) in [7, 11) is 1.47. The summed E-state index contributed by atoms with van der Waals surface area (Å²) in [6, 6.07) is 1.30. The number of nitrogens with zero attached hydrogens (tertiary/aromatic N) is 2. The molecule has 1 N–H and O–H groups in total. The largest absolute Gasteiger partial charge is 0.478 e. The third-order valence-electron chi connectivity index (χ3n) is 2.08. The van der Waals surface area contributed by atoms with Crippen molar-refractivity contribution in [3.8, 4) is 0 Å². The molecule has 6 nitrogen and oxygen atoms in total. The van der Waals surface area contributed by atoms with E-state index in [1.807, 2.05) is 0 Å². The van der Waals surface area contributed by atoms with E-state index in [2.05, 4.69) is 20.9 Å². The lowest BCUT2D eigenvalue weighted by Gasteiger charge is -2.24. The van der Waals surface area contributed by atoms with Gasteiger partial charge in [-0.3, -0.25) is 4.90 Å². The summed E-state index contributed by atoms with van der Waals surface area (Å²) >= 11 is 3.09. The molecule has 104 valence electrons. The van der Waals surface area contributed by atoms with Gasteiger partial charge in [-0.2, -0.15) is 0 Å². The summed E-state index contributed by atoms with van der Waals surface area (Å²) in [5.41, 5.74) is -0.600. The van der Waals surface area contributed by atoms with Crippen LogP contribution in [0, 0.1) is 0 Å². The Morgan fingerprint density at radius 3 is 2.47 bits per heavy atom. The minimum Gasteiger partial charge on any atom is -0.478 e. The maximum Gasteiger partial charge on any atom is 0.415 e. The Morgan fingerprint density at radius 2 is 2.00 bits per heavy atom. The smallest absolute Gasteiger partial charge is 0.415 e. The summed E-state index contributed by atoms with van der Waals surface area (Å²) in [5.74, 6) is -0.900. The van der Waals surface area contributed by atoms with E-state index >= 15 is 0 Å². The Bertz CT molecular complexity index is 511. The van der Waals surface area contributed by atoms with E-state index in [4.69, 9.17) is 9.84 Å². The number of pyridine rings is 1. The van der Waals surface area contributed by atoms with E-state index in [0.29, 0.717) is 4.47 Å². The zero-order valence-electron chi connectivity index (χ0n) is 11.1. The van der Waals surface area contributed by atoms with Crippen LogP contribution in [-0.4, -0.2) is 34.8 Å². The summed E-state index contributed by atoms with van der Waals surface area (Å²) in [4.78, 5) is 28.0. The van der Waals surface area contributed by atoms with Crippen molar-refractivity contribution in [3.05, 3.63) is 22.3 Å². The molecule has 0 unspecified atom stereocenters. The number of hydrogen-bond acceptors (Lipinski definition) is 4. The number of amides is 1. The Kier molecular flexibility index (Phi) is 4.52. The molecule has 1 amide bonds. The highest BCUT2D eigenvalue weighted by atomic mass is 79.9. The highest BCUT2D eigenvalue weighted by Gasteiger charge is 2.22. The van der Waals surface area contributed by atoms with Crippen LogP contribution in [0.3, 0.4) is 0 Å². The molecule has 1 aromatic rings. The maximum atomic E-state index is 11.8. The second-order valence-electron chi connectivity index (χ2n) is 4.87. The fourth-order valence-electron chi connectivity index (χ4n) is 1.20. The van der Waals surface area contributed by atoms with Gasteiger partial charge in [0.15, 0.2) is 0 Å². The molecule has 7 heteroatoms. The van der Waals surface area contributed by atoms with Gasteiger partial charge < -0.3 is 9.84 Å². The number of carboxylic acid groups (broad SMARTS) is 1. The van der Waals surface area contributed by atoms with Crippen LogP contribution in [0.25, 0.3) is 0 Å². The summed E-state index contributed by atoms with van der Waals surface area (Å²) in [6.45, 7) is 5.24. The van der Waals surface area contributed by atoms with Crippen LogP contribution in [0.5, 0.6) is 0 Å². The number of hydrogen-bond donors (Lipinski definition) is 1. The van der Waals surface area contributed by atoms with Crippen molar-refractivity contribution in [2.24, 2.45) is 0 Å². The number of anilines is 1. The number of ether oxygens (including phenoxy) is 1. The first-order valence-corrected chi connectivity index (χ1v) is 6.26. The molecule has 0 spiro atoms. The van der Waals surface area contributed by atoms with Crippen LogP contribution in [-0.2, 0) is 4.74 Å². The minimum absolute atomic E-state index is 0.0282. The number of carbonyl (C=O) groups is 2. The van der Waals surface area contributed by atoms with Crippen molar-refractivity contribution in [2.75, 3.05) is 11.9 Å². The average Bonchev–Trinajstić information content (AvgIpc) is 2.26. The first-order valence-electron chi connectivity index (χ1n) is 5.47. The molecule has 0 bridgehead atoms. The highest BCUT2D eigenvalue weighted by molar-refractivity contribution is 9.10. The average molecular weight is 331 g/mol. The monoisotopic (exact) mass is 330 g/mol. The molecule has 0 aromatic carbocycles. The predicted molar refractivity (Wildman–Crippen MR) is 73.5 cm³/mol. The van der Waals surface area contributed by atoms with Crippen LogP contribution in [0.1, 0.15) is 31.1 Å². The van der Waals surface area contributed by atoms with Gasteiger partial charge in [0, 0.05) is 13.2 Å². The zero-order chi connectivity index (χ0) is 14.8. The number of carbonyl (C=O) groups excluding carboxylic acids is 1. The maximum absolute atomic E-state index is 11.8. The molecule has 0 saturated carbocycles. The molecule has 0 fully saturated rings. The Hall–Kier alpha value is -1.63. The van der Waals surface area contributed by atoms with Crippen LogP contribution in [0.15, 0.2) is 16.7 Å². The van der Waals surface area contributed by atoms with E-state index < -0.39 is 17.7 Å². The van der Waals surface area contributed by atoms with E-state index in [1.54, 1.807) is 20.8 Å². The molecule has 19 heavy (non-hydrogen) atoms. The molecule has 0 atom stereocenters. The van der Waals surface area contributed by atoms with Crippen molar-refractivity contribution in [1.29, 1.82) is 0 Å². The SMILES string of the molecule is CN(C(=O)OC(C)(C)C)c1cc(C(=O)O)c(Br)cn1. The molecule has 0 aliphatic heterocycles. The van der Waals surface area contributed by atoms with Gasteiger partial charge >= 0.3 is 12.1 Å². The molecular formula is C12H15BrN2O4. The third-order valence-corrected chi connectivity index (χ3v) is 2.71. The normalized spacial score (nSPS) is 11.0. The van der Waals surface area contributed by atoms with Crippen LogP contribution < -0.4 is 4.90 Å². The molecule has 0 saturated heterocycles. The van der Waals surface area contributed by atoms with Crippen molar-refractivity contribution in [3.63, 3.8) is 0 Å². The summed E-state index contributed by atoms with van der Waals surface area (Å²) in [6.07, 6.45) is 0.735. The second kappa shape index (κ2) is 5.56. The number of rotatable bonds is 2. The standard InChI is InChI=1S/C12H15BrN2O4/c1-12(2,3)19-11(18)15(4)9-5-7(10(16)17)8(13)6-14-9/h5-6H,1-4H3,(H,16,17). The molecule has 0 aliphatic rings. The zero-order valence-corrected chi connectivity index (χ0v) is 12.7. The third kappa shape index (κ3) is 4.20. The van der Waals surface area contributed by atoms with Gasteiger partial charge in [-0.25, -0.2) is 14.6 Å². The molecule has 1 heterocycles. The fourth-order valence-corrected chi connectivity index (χ4v) is 1.59. The topological polar surface area (TPSA) is 79.7 Å². The number of aromatic carboxylic acids is 1. The van der Waals surface area contributed by atoms with Gasteiger partial charge in [-0.15, -0.1) is 0 Å². The van der Waals surface area contributed by atoms with Crippen molar-refractivity contribution in [2.45, 2.75) is 26.4 Å². The number of halogens is 1. The molecule has 1 aromatic heterocycles. The van der Waals surface area contributed by atoms with E-state index in [-0.39, 0.29) is 11.4 Å². The lowest BCUT2D eigenvalue weighted by molar-refractivity contribution is 0.0586. The second-order valence-corrected chi connectivity index (χ2v) is 5.72. The van der Waals surface area contributed by atoms with Crippen LogP contribution in [0.2, 0.25) is 0 Å². The van der Waals surface area contributed by atoms with Crippen LogP contribution in [0.4, 0.5) is 10.6 Å². The minimum atomic E-state index is -1.10. The van der Waals surface area contributed by atoms with Gasteiger partial charge in [0.2, 0.25) is 0 Å². The number of carboxylic acids is 1. The first kappa shape index (κ1) is 15.4. The number of aromatic nitrogens is 1. The van der Waals surface area contributed by atoms with Gasteiger partial charge in [0.1, 0.15) is 11.4 Å². The molecule has 0 radical (unpaired) electrons. The Labute approximate surface area is 119 Å². The van der Waals surface area contributed by atoms with Crippen LogP contribution >= 0.6 is 15.9 Å². The van der Waals surface area contributed by atoms with Crippen molar-refractivity contribution in [1.82, 2.24) is 4.98 Å². The van der Waals surface area contributed by atoms with E-state index in [0.717, 1.165) is 4.90 Å². The molecule has 1 rings (SSSR count). The lowest BCUT2D eigenvalue weighted by Crippen LogP contribution is -2.34. The fraction of sp³-hybridized carbons (Fsp3) is 0.417. The quantitative estimate of drug-likeness (QED) is 0.901. The van der Waals surface area contributed by atoms with Gasteiger partial charge in [-0.05, 0) is 42.8 Å². The van der Waals surface area contributed by atoms with Gasteiger partial charge in [-0.1, -0.05) is 0 Å². The first-order chi connectivity index (χ1) is 8.61. The highest BCUT2D eigenvalue weighted by Crippen LogP contribution is 2.21. The molecule has 0 aliphatic carbocycles. The van der Waals surface area contributed by atoms with Gasteiger partial charge in [0.25, 0.3) is 0 Å².